The van der Waals surface area contributed by atoms with Crippen LogP contribution in [0.2, 0.25) is 0 Å². The SMILES string of the molecule is CCC(C(=O)NC(C)C)N(Cc1cccc(OC)c1)C(=O)CN(c1ccc(C)cc1)S(=O)(=O)c1ccc(OC)c(OC)c1. The Kier molecular flexibility index (Phi) is 11.4. The van der Waals surface area contributed by atoms with E-state index in [1.165, 1.54) is 37.3 Å². The average molecular weight is 612 g/mol. The number of hydrogen-bond acceptors (Lipinski definition) is 7. The number of anilines is 1. The molecular formula is C32H41N3O7S. The van der Waals surface area contributed by atoms with E-state index in [1.54, 1.807) is 49.6 Å². The van der Waals surface area contributed by atoms with Crippen LogP contribution in [0.3, 0.4) is 0 Å². The van der Waals surface area contributed by atoms with Gasteiger partial charge in [0.15, 0.2) is 11.5 Å². The van der Waals surface area contributed by atoms with Crippen molar-refractivity contribution in [1.29, 1.82) is 0 Å². The number of nitrogens with zero attached hydrogens (tertiary/aromatic N) is 2. The molecule has 0 heterocycles. The topological polar surface area (TPSA) is 114 Å². The molecule has 0 radical (unpaired) electrons. The maximum atomic E-state index is 14.2. The molecule has 0 aliphatic rings. The Morgan fingerprint density at radius 2 is 1.56 bits per heavy atom. The highest BCUT2D eigenvalue weighted by molar-refractivity contribution is 7.92. The van der Waals surface area contributed by atoms with Crippen molar-refractivity contribution >= 4 is 27.5 Å². The van der Waals surface area contributed by atoms with E-state index in [0.717, 1.165) is 15.4 Å². The van der Waals surface area contributed by atoms with Gasteiger partial charge in [0.2, 0.25) is 11.8 Å². The smallest absolute Gasteiger partial charge is 0.264 e. The lowest BCUT2D eigenvalue weighted by Crippen LogP contribution is -2.53. The molecule has 3 rings (SSSR count). The van der Waals surface area contributed by atoms with Crippen molar-refractivity contribution in [2.45, 2.75) is 57.6 Å². The number of sulfonamides is 1. The Hall–Kier alpha value is -4.25. The summed E-state index contributed by atoms with van der Waals surface area (Å²) in [6, 6.07) is 17.3. The van der Waals surface area contributed by atoms with Gasteiger partial charge in [0, 0.05) is 18.7 Å². The molecule has 0 saturated heterocycles. The third-order valence-corrected chi connectivity index (χ3v) is 8.62. The van der Waals surface area contributed by atoms with Gasteiger partial charge < -0.3 is 24.4 Å². The zero-order valence-corrected chi connectivity index (χ0v) is 26.6. The summed E-state index contributed by atoms with van der Waals surface area (Å²) >= 11 is 0. The molecule has 0 bridgehead atoms. The molecule has 0 aromatic heterocycles. The van der Waals surface area contributed by atoms with Crippen LogP contribution in [0.25, 0.3) is 0 Å². The summed E-state index contributed by atoms with van der Waals surface area (Å²) in [5, 5.41) is 2.89. The number of ether oxygens (including phenoxy) is 3. The Bertz CT molecular complexity index is 1510. The zero-order chi connectivity index (χ0) is 31.7. The van der Waals surface area contributed by atoms with E-state index in [4.69, 9.17) is 14.2 Å². The predicted octanol–water partition coefficient (Wildman–Crippen LogP) is 4.55. The van der Waals surface area contributed by atoms with E-state index in [1.807, 2.05) is 33.8 Å². The number of aryl methyl sites for hydroxylation is 1. The fourth-order valence-electron chi connectivity index (χ4n) is 4.61. The Labute approximate surface area is 254 Å². The molecule has 0 aliphatic carbocycles. The Morgan fingerprint density at radius 1 is 0.884 bits per heavy atom. The minimum absolute atomic E-state index is 0.0677. The first-order valence-corrected chi connectivity index (χ1v) is 15.4. The fourth-order valence-corrected chi connectivity index (χ4v) is 6.04. The van der Waals surface area contributed by atoms with Gasteiger partial charge in [-0.25, -0.2) is 8.42 Å². The van der Waals surface area contributed by atoms with Crippen molar-refractivity contribution < 1.29 is 32.2 Å². The van der Waals surface area contributed by atoms with Crippen molar-refractivity contribution in [3.63, 3.8) is 0 Å². The molecular weight excluding hydrogens is 570 g/mol. The first kappa shape index (κ1) is 33.3. The number of rotatable bonds is 14. The second kappa shape index (κ2) is 14.8. The summed E-state index contributed by atoms with van der Waals surface area (Å²) < 4.78 is 45.4. The lowest BCUT2D eigenvalue weighted by molar-refractivity contribution is -0.140. The lowest BCUT2D eigenvalue weighted by Gasteiger charge is -2.33. The van der Waals surface area contributed by atoms with Gasteiger partial charge >= 0.3 is 0 Å². The zero-order valence-electron chi connectivity index (χ0n) is 25.8. The largest absolute Gasteiger partial charge is 0.497 e. The van der Waals surface area contributed by atoms with Crippen LogP contribution in [0, 0.1) is 6.92 Å². The number of hydrogen-bond donors (Lipinski definition) is 1. The number of methoxy groups -OCH3 is 3. The molecule has 0 spiro atoms. The third-order valence-electron chi connectivity index (χ3n) is 6.85. The van der Waals surface area contributed by atoms with Crippen molar-refractivity contribution in [1.82, 2.24) is 10.2 Å². The highest BCUT2D eigenvalue weighted by Gasteiger charge is 2.34. The minimum Gasteiger partial charge on any atom is -0.497 e. The molecule has 43 heavy (non-hydrogen) atoms. The highest BCUT2D eigenvalue weighted by atomic mass is 32.2. The Balaban J connectivity index is 2.11. The number of amides is 2. The number of carbonyl (C=O) groups is 2. The van der Waals surface area contributed by atoms with E-state index in [2.05, 4.69) is 5.32 Å². The van der Waals surface area contributed by atoms with Crippen LogP contribution in [0.4, 0.5) is 5.69 Å². The predicted molar refractivity (Wildman–Crippen MR) is 166 cm³/mol. The summed E-state index contributed by atoms with van der Waals surface area (Å²) in [6.45, 7) is 6.90. The molecule has 0 aliphatic heterocycles. The van der Waals surface area contributed by atoms with Crippen LogP contribution in [-0.4, -0.2) is 65.1 Å². The van der Waals surface area contributed by atoms with E-state index < -0.39 is 28.5 Å². The number of carbonyl (C=O) groups excluding carboxylic acids is 2. The van der Waals surface area contributed by atoms with E-state index in [9.17, 15) is 18.0 Å². The maximum absolute atomic E-state index is 14.2. The molecule has 0 saturated carbocycles. The first-order valence-electron chi connectivity index (χ1n) is 14.0. The van der Waals surface area contributed by atoms with Crippen molar-refractivity contribution in [3.8, 4) is 17.2 Å². The van der Waals surface area contributed by atoms with Crippen molar-refractivity contribution in [2.75, 3.05) is 32.2 Å². The minimum atomic E-state index is -4.28. The standard InChI is InChI=1S/C32H41N3O7S/c1-8-28(32(37)33-22(2)3)34(20-24-10-9-11-26(18-24)40-5)31(36)21-35(25-14-12-23(4)13-15-25)43(38,39)27-16-17-29(41-6)30(19-27)42-7/h9-19,22,28H,8,20-21H2,1-7H3,(H,33,37). The molecule has 232 valence electrons. The monoisotopic (exact) mass is 611 g/mol. The lowest BCUT2D eigenvalue weighted by atomic mass is 10.1. The van der Waals surface area contributed by atoms with Gasteiger partial charge in [0.25, 0.3) is 10.0 Å². The summed E-state index contributed by atoms with van der Waals surface area (Å²) in [4.78, 5) is 28.9. The summed E-state index contributed by atoms with van der Waals surface area (Å²) in [5.41, 5.74) is 1.96. The van der Waals surface area contributed by atoms with E-state index in [-0.39, 0.29) is 29.1 Å². The van der Waals surface area contributed by atoms with Crippen LogP contribution in [0.1, 0.15) is 38.3 Å². The molecule has 3 aromatic carbocycles. The van der Waals surface area contributed by atoms with Crippen molar-refractivity contribution in [2.24, 2.45) is 0 Å². The van der Waals surface area contributed by atoms with Crippen molar-refractivity contribution in [3.05, 3.63) is 77.9 Å². The van der Waals surface area contributed by atoms with Gasteiger partial charge in [-0.3, -0.25) is 13.9 Å². The van der Waals surface area contributed by atoms with Crippen LogP contribution < -0.4 is 23.8 Å². The van der Waals surface area contributed by atoms with Crippen LogP contribution >= 0.6 is 0 Å². The normalized spacial score (nSPS) is 11.9. The molecule has 2 amide bonds. The number of nitrogens with one attached hydrogen (secondary N) is 1. The quantitative estimate of drug-likeness (QED) is 0.285. The molecule has 1 unspecified atom stereocenters. The molecule has 1 N–H and O–H groups in total. The van der Waals surface area contributed by atoms with Gasteiger partial charge in [-0.05, 0) is 69.2 Å². The van der Waals surface area contributed by atoms with Gasteiger partial charge in [0.1, 0.15) is 18.3 Å². The van der Waals surface area contributed by atoms with Crippen LogP contribution in [0.5, 0.6) is 17.2 Å². The maximum Gasteiger partial charge on any atom is 0.264 e. The highest BCUT2D eigenvalue weighted by Crippen LogP contribution is 2.32. The molecule has 3 aromatic rings. The summed E-state index contributed by atoms with van der Waals surface area (Å²) in [5.74, 6) is 0.333. The van der Waals surface area contributed by atoms with Gasteiger partial charge in [-0.1, -0.05) is 36.8 Å². The summed E-state index contributed by atoms with van der Waals surface area (Å²) in [6.07, 6.45) is 0.321. The molecule has 10 nitrogen and oxygen atoms in total. The van der Waals surface area contributed by atoms with E-state index >= 15 is 0 Å². The molecule has 1 atom stereocenters. The first-order chi connectivity index (χ1) is 20.4. The fraction of sp³-hybridized carbons (Fsp3) is 0.375. The third kappa shape index (κ3) is 8.19. The second-order valence-corrected chi connectivity index (χ2v) is 12.2. The summed E-state index contributed by atoms with van der Waals surface area (Å²) in [7, 11) is 0.142. The molecule has 0 fully saturated rings. The van der Waals surface area contributed by atoms with Gasteiger partial charge in [-0.2, -0.15) is 0 Å². The van der Waals surface area contributed by atoms with Gasteiger partial charge in [-0.15, -0.1) is 0 Å². The molecule has 11 heteroatoms. The average Bonchev–Trinajstić information content (AvgIpc) is 2.99. The van der Waals surface area contributed by atoms with E-state index in [0.29, 0.717) is 23.6 Å². The second-order valence-electron chi connectivity index (χ2n) is 10.3. The van der Waals surface area contributed by atoms with Crippen LogP contribution in [-0.2, 0) is 26.2 Å². The Morgan fingerprint density at radius 3 is 2.14 bits per heavy atom. The van der Waals surface area contributed by atoms with Gasteiger partial charge in [0.05, 0.1) is 31.9 Å². The number of benzene rings is 3. The van der Waals surface area contributed by atoms with Crippen LogP contribution in [0.15, 0.2) is 71.6 Å².